The lowest BCUT2D eigenvalue weighted by Gasteiger charge is -2.25. The number of ketones is 1. The lowest BCUT2D eigenvalue weighted by atomic mass is 10.1. The van der Waals surface area contributed by atoms with Crippen LogP contribution in [0.4, 0.5) is 5.69 Å². The van der Waals surface area contributed by atoms with Gasteiger partial charge in [0.15, 0.2) is 11.5 Å². The Kier molecular flexibility index (Phi) is 7.37. The molecule has 2 aromatic heterocycles. The fourth-order valence-electron chi connectivity index (χ4n) is 3.64. The summed E-state index contributed by atoms with van der Waals surface area (Å²) in [6.07, 6.45) is 1.74. The van der Waals surface area contributed by atoms with E-state index in [1.165, 1.54) is 0 Å². The van der Waals surface area contributed by atoms with E-state index in [0.717, 1.165) is 51.5 Å². The van der Waals surface area contributed by atoms with Crippen molar-refractivity contribution in [2.24, 2.45) is 0 Å². The van der Waals surface area contributed by atoms with Crippen molar-refractivity contribution in [3.8, 4) is 5.69 Å². The van der Waals surface area contributed by atoms with Gasteiger partial charge in [-0.2, -0.15) is 11.8 Å². The molecule has 1 saturated heterocycles. The topological polar surface area (TPSA) is 76.6 Å². The molecular weight excluding hydrogens is 468 g/mol. The number of halogens is 1. The number of Topliss-reactive ketones (excluding diaryl/α,β-unsaturated/α-hetero) is 1. The average Bonchev–Trinajstić information content (AvgIpc) is 3.07. The van der Waals surface area contributed by atoms with Crippen LogP contribution < -0.4 is 0 Å². The molecule has 0 saturated carbocycles. The molecule has 3 heterocycles. The molecule has 0 atom stereocenters. The van der Waals surface area contributed by atoms with Gasteiger partial charge in [0.1, 0.15) is 0 Å². The van der Waals surface area contributed by atoms with Crippen molar-refractivity contribution in [3.63, 3.8) is 0 Å². The first-order valence-electron chi connectivity index (χ1n) is 9.23. The Bertz CT molecular complexity index is 1100. The first kappa shape index (κ1) is 22.2. The molecule has 1 fully saturated rings. The molecule has 4 rings (SSSR count). The number of carbonyl (C=O) groups is 1. The molecule has 1 aliphatic heterocycles. The Morgan fingerprint density at radius 2 is 1.90 bits per heavy atom. The molecule has 0 aliphatic carbocycles. The van der Waals surface area contributed by atoms with Gasteiger partial charge in [0.2, 0.25) is 0 Å². The van der Waals surface area contributed by atoms with Gasteiger partial charge in [-0.3, -0.25) is 14.7 Å². The van der Waals surface area contributed by atoms with Crippen molar-refractivity contribution >= 4 is 50.2 Å². The van der Waals surface area contributed by atoms with Crippen LogP contribution in [0.5, 0.6) is 0 Å². The third-order valence-corrected chi connectivity index (χ3v) is 6.37. The molecule has 0 spiro atoms. The standard InChI is InChI=1S/C21H19BrN4OS.O2/c1-14-20(19(27)13-25-7-9-28-10-8-25)21-18(11-15(22)12-24-21)26(14)17-5-3-16(23-2)4-6-17;1-2/h3-6,11-12H,7-10,13H2,1H3;. The van der Waals surface area contributed by atoms with E-state index >= 15 is 0 Å². The van der Waals surface area contributed by atoms with Gasteiger partial charge in [0.05, 0.1) is 29.7 Å². The van der Waals surface area contributed by atoms with E-state index in [0.29, 0.717) is 17.8 Å². The molecule has 30 heavy (non-hydrogen) atoms. The molecule has 1 aromatic carbocycles. The molecule has 0 N–H and O–H groups in total. The van der Waals surface area contributed by atoms with E-state index in [1.54, 1.807) is 18.3 Å². The van der Waals surface area contributed by atoms with Gasteiger partial charge in [-0.25, -0.2) is 4.85 Å². The minimum absolute atomic E-state index is 0.112. The van der Waals surface area contributed by atoms with Crippen LogP contribution in [0.3, 0.4) is 0 Å². The van der Waals surface area contributed by atoms with Crippen LogP contribution in [0.25, 0.3) is 21.6 Å². The summed E-state index contributed by atoms with van der Waals surface area (Å²) in [5, 5.41) is 0. The number of rotatable bonds is 4. The van der Waals surface area contributed by atoms with Gasteiger partial charge in [-0.05, 0) is 41.1 Å². The summed E-state index contributed by atoms with van der Waals surface area (Å²) < 4.78 is 2.92. The minimum atomic E-state index is 0.112. The second kappa shape index (κ2) is 9.98. The molecule has 0 radical (unpaired) electrons. The van der Waals surface area contributed by atoms with Gasteiger partial charge >= 0.3 is 0 Å². The molecule has 1 aliphatic rings. The van der Waals surface area contributed by atoms with Gasteiger partial charge in [0, 0.05) is 56.6 Å². The summed E-state index contributed by atoms with van der Waals surface area (Å²) in [6.45, 7) is 11.4. The molecule has 9 heteroatoms. The Morgan fingerprint density at radius 1 is 1.23 bits per heavy atom. The predicted molar refractivity (Wildman–Crippen MR) is 125 cm³/mol. The van der Waals surface area contributed by atoms with E-state index in [1.807, 2.05) is 36.9 Å². The highest BCUT2D eigenvalue weighted by molar-refractivity contribution is 9.10. The highest BCUT2D eigenvalue weighted by Gasteiger charge is 2.24. The zero-order valence-electron chi connectivity index (χ0n) is 16.3. The fraction of sp³-hybridized carbons (Fsp3) is 0.286. The number of hydrogen-bond donors (Lipinski definition) is 0. The van der Waals surface area contributed by atoms with Crippen molar-refractivity contribution in [3.05, 3.63) is 73.6 Å². The molecule has 3 aromatic rings. The van der Waals surface area contributed by atoms with Crippen LogP contribution in [0.2, 0.25) is 0 Å². The zero-order valence-corrected chi connectivity index (χ0v) is 18.7. The number of fused-ring (bicyclic) bond motifs is 1. The monoisotopic (exact) mass is 486 g/mol. The summed E-state index contributed by atoms with van der Waals surface area (Å²) in [5.41, 5.74) is 4.70. The third kappa shape index (κ3) is 4.46. The van der Waals surface area contributed by atoms with Crippen LogP contribution in [-0.4, -0.2) is 51.4 Å². The number of aromatic nitrogens is 2. The van der Waals surface area contributed by atoms with Gasteiger partial charge < -0.3 is 4.57 Å². The summed E-state index contributed by atoms with van der Waals surface area (Å²) in [4.78, 5) is 37.5. The van der Waals surface area contributed by atoms with Gasteiger partial charge in [-0.1, -0.05) is 12.1 Å². The Morgan fingerprint density at radius 3 is 2.53 bits per heavy atom. The summed E-state index contributed by atoms with van der Waals surface area (Å²) in [7, 11) is 0. The molecule has 0 unspecified atom stereocenters. The lowest BCUT2D eigenvalue weighted by molar-refractivity contribution is 0.0938. The largest absolute Gasteiger partial charge is 0.312 e. The van der Waals surface area contributed by atoms with Crippen LogP contribution in [0.1, 0.15) is 16.1 Å². The molecule has 0 amide bonds. The summed E-state index contributed by atoms with van der Waals surface area (Å²) in [6, 6.07) is 9.41. The maximum atomic E-state index is 13.2. The van der Waals surface area contributed by atoms with Crippen LogP contribution in [-0.2, 0) is 0 Å². The van der Waals surface area contributed by atoms with Crippen molar-refractivity contribution in [1.29, 1.82) is 0 Å². The van der Waals surface area contributed by atoms with E-state index < -0.39 is 0 Å². The second-order valence-corrected chi connectivity index (χ2v) is 8.90. The normalized spacial score (nSPS) is 14.0. The van der Waals surface area contributed by atoms with E-state index in [9.17, 15) is 4.79 Å². The second-order valence-electron chi connectivity index (χ2n) is 6.76. The smallest absolute Gasteiger partial charge is 0.187 e. The predicted octanol–water partition coefficient (Wildman–Crippen LogP) is 4.95. The molecule has 0 bridgehead atoms. The maximum Gasteiger partial charge on any atom is 0.187 e. The number of nitrogens with zero attached hydrogens (tertiary/aromatic N) is 4. The SMILES string of the molecule is O=O.[C-]#[N+]c1ccc(-n2c(C)c(C(=O)CN3CCSCC3)c3ncc(Br)cc32)cc1. The first-order chi connectivity index (χ1) is 14.6. The Balaban J connectivity index is 0.00000124. The summed E-state index contributed by atoms with van der Waals surface area (Å²) in [5.74, 6) is 2.26. The van der Waals surface area contributed by atoms with E-state index in [-0.39, 0.29) is 5.78 Å². The van der Waals surface area contributed by atoms with Crippen LogP contribution >= 0.6 is 27.7 Å². The molecule has 7 nitrogen and oxygen atoms in total. The van der Waals surface area contributed by atoms with Crippen molar-refractivity contribution in [1.82, 2.24) is 14.5 Å². The highest BCUT2D eigenvalue weighted by atomic mass is 79.9. The highest BCUT2D eigenvalue weighted by Crippen LogP contribution is 2.31. The van der Waals surface area contributed by atoms with E-state index in [2.05, 4.69) is 35.2 Å². The van der Waals surface area contributed by atoms with Crippen LogP contribution in [0.15, 0.2) is 41.0 Å². The van der Waals surface area contributed by atoms with Crippen molar-refractivity contribution < 1.29 is 4.79 Å². The van der Waals surface area contributed by atoms with Crippen molar-refractivity contribution in [2.75, 3.05) is 31.1 Å². The minimum Gasteiger partial charge on any atom is -0.312 e. The van der Waals surface area contributed by atoms with Gasteiger partial charge in [-0.15, -0.1) is 0 Å². The fourth-order valence-corrected chi connectivity index (χ4v) is 4.94. The van der Waals surface area contributed by atoms with Crippen LogP contribution in [0, 0.1) is 23.4 Å². The number of hydrogen-bond acceptors (Lipinski definition) is 6. The molecule has 154 valence electrons. The number of thioether (sulfide) groups is 1. The lowest BCUT2D eigenvalue weighted by Crippen LogP contribution is -2.36. The zero-order chi connectivity index (χ0) is 21.7. The molecular formula is C21H19BrN4O3S. The Hall–Kier alpha value is -2.54. The Labute approximate surface area is 186 Å². The first-order valence-corrected chi connectivity index (χ1v) is 11.2. The van der Waals surface area contributed by atoms with E-state index in [4.69, 9.17) is 16.5 Å². The van der Waals surface area contributed by atoms with Gasteiger partial charge in [0.25, 0.3) is 0 Å². The third-order valence-electron chi connectivity index (χ3n) is 5.00. The van der Waals surface area contributed by atoms with Crippen molar-refractivity contribution in [2.45, 2.75) is 6.92 Å². The quantitative estimate of drug-likeness (QED) is 0.383. The number of carbonyl (C=O) groups excluding carboxylic acids is 1. The summed E-state index contributed by atoms with van der Waals surface area (Å²) >= 11 is 5.44. The average molecular weight is 487 g/mol. The number of pyridine rings is 1. The number of benzene rings is 1. The maximum absolute atomic E-state index is 13.2.